The molecule has 0 bridgehead atoms. The first-order chi connectivity index (χ1) is 7.69. The fraction of sp³-hybridized carbons (Fsp3) is 0.308. The van der Waals surface area contributed by atoms with E-state index in [4.69, 9.17) is 0 Å². The quantitative estimate of drug-likeness (QED) is 0.744. The molecular weight excluding hydrogens is 200 g/mol. The Hall–Kier alpha value is -1.61. The smallest absolute Gasteiger partial charge is 0.0931 e. The summed E-state index contributed by atoms with van der Waals surface area (Å²) in [5.41, 5.74) is 1.69. The summed E-state index contributed by atoms with van der Waals surface area (Å²) < 4.78 is 0. The first-order valence-corrected chi connectivity index (χ1v) is 5.29. The van der Waals surface area contributed by atoms with Crippen LogP contribution < -0.4 is 4.90 Å². The van der Waals surface area contributed by atoms with Crippen LogP contribution in [0.3, 0.4) is 0 Å². The number of aliphatic hydroxyl groups excluding tert-OH is 1. The van der Waals surface area contributed by atoms with E-state index in [1.54, 1.807) is 13.1 Å². The van der Waals surface area contributed by atoms with E-state index < -0.39 is 6.10 Å². The molecule has 1 atom stereocenters. The van der Waals surface area contributed by atoms with Crippen LogP contribution in [0.5, 0.6) is 0 Å². The number of nitrogens with zero attached hydrogens (tertiary/aromatic N) is 2. The van der Waals surface area contributed by atoms with Gasteiger partial charge in [0.25, 0.3) is 0 Å². The molecule has 0 amide bonds. The van der Waals surface area contributed by atoms with Crippen LogP contribution >= 0.6 is 0 Å². The molecule has 0 radical (unpaired) electrons. The Bertz CT molecular complexity index is 333. The number of anilines is 1. The molecule has 0 saturated carbocycles. The SMILES string of the molecule is C=CCN(CC=C)c1ccc([C@H](C)O)nc1. The van der Waals surface area contributed by atoms with Gasteiger partial charge >= 0.3 is 0 Å². The highest BCUT2D eigenvalue weighted by Gasteiger charge is 2.05. The summed E-state index contributed by atoms with van der Waals surface area (Å²) in [6, 6.07) is 3.78. The molecule has 86 valence electrons. The molecule has 0 aromatic carbocycles. The Labute approximate surface area is 96.7 Å². The van der Waals surface area contributed by atoms with Crippen LogP contribution in [0.2, 0.25) is 0 Å². The van der Waals surface area contributed by atoms with E-state index in [9.17, 15) is 5.11 Å². The molecule has 0 spiro atoms. The first-order valence-electron chi connectivity index (χ1n) is 5.29. The Balaban J connectivity index is 2.84. The van der Waals surface area contributed by atoms with E-state index in [1.807, 2.05) is 24.3 Å². The molecule has 16 heavy (non-hydrogen) atoms. The van der Waals surface area contributed by atoms with Crippen molar-refractivity contribution in [2.75, 3.05) is 18.0 Å². The van der Waals surface area contributed by atoms with Gasteiger partial charge in [-0.1, -0.05) is 12.2 Å². The maximum absolute atomic E-state index is 9.35. The molecule has 0 aliphatic heterocycles. The van der Waals surface area contributed by atoms with E-state index in [1.165, 1.54) is 0 Å². The number of rotatable bonds is 6. The summed E-state index contributed by atoms with van der Waals surface area (Å²) in [4.78, 5) is 6.30. The highest BCUT2D eigenvalue weighted by atomic mass is 16.3. The second-order valence-electron chi connectivity index (χ2n) is 3.60. The summed E-state index contributed by atoms with van der Waals surface area (Å²) in [7, 11) is 0. The predicted molar refractivity (Wildman–Crippen MR) is 67.5 cm³/mol. The van der Waals surface area contributed by atoms with Crippen molar-refractivity contribution in [2.24, 2.45) is 0 Å². The predicted octanol–water partition coefficient (Wildman–Crippen LogP) is 2.31. The molecule has 3 nitrogen and oxygen atoms in total. The molecule has 0 aliphatic rings. The average molecular weight is 218 g/mol. The van der Waals surface area contributed by atoms with E-state index in [0.717, 1.165) is 18.8 Å². The van der Waals surface area contributed by atoms with E-state index in [0.29, 0.717) is 5.69 Å². The molecule has 1 rings (SSSR count). The number of aliphatic hydroxyl groups is 1. The molecular formula is C13H18N2O. The van der Waals surface area contributed by atoms with Crippen molar-refractivity contribution in [3.63, 3.8) is 0 Å². The number of hydrogen-bond acceptors (Lipinski definition) is 3. The second kappa shape index (κ2) is 6.08. The van der Waals surface area contributed by atoms with Gasteiger partial charge < -0.3 is 10.0 Å². The molecule has 0 aliphatic carbocycles. The van der Waals surface area contributed by atoms with Crippen LogP contribution in [0.15, 0.2) is 43.6 Å². The lowest BCUT2D eigenvalue weighted by molar-refractivity contribution is 0.194. The Morgan fingerprint density at radius 1 is 1.38 bits per heavy atom. The highest BCUT2D eigenvalue weighted by molar-refractivity contribution is 5.46. The standard InChI is InChI=1S/C13H18N2O/c1-4-8-15(9-5-2)12-6-7-13(11(3)16)14-10-12/h4-7,10-11,16H,1-2,8-9H2,3H3/t11-/m0/s1. The van der Waals surface area contributed by atoms with Gasteiger partial charge in [0.05, 0.1) is 23.7 Å². The van der Waals surface area contributed by atoms with Crippen molar-refractivity contribution in [1.82, 2.24) is 4.98 Å². The monoisotopic (exact) mass is 218 g/mol. The number of hydrogen-bond donors (Lipinski definition) is 1. The lowest BCUT2D eigenvalue weighted by atomic mass is 10.2. The van der Waals surface area contributed by atoms with Gasteiger partial charge in [-0.2, -0.15) is 0 Å². The normalized spacial score (nSPS) is 11.9. The Morgan fingerprint density at radius 3 is 2.38 bits per heavy atom. The van der Waals surface area contributed by atoms with Crippen molar-refractivity contribution in [3.8, 4) is 0 Å². The molecule has 1 N–H and O–H groups in total. The van der Waals surface area contributed by atoms with E-state index in [2.05, 4.69) is 23.0 Å². The molecule has 3 heteroatoms. The van der Waals surface area contributed by atoms with Gasteiger partial charge in [-0.15, -0.1) is 13.2 Å². The third-order valence-electron chi connectivity index (χ3n) is 2.26. The van der Waals surface area contributed by atoms with E-state index >= 15 is 0 Å². The van der Waals surface area contributed by atoms with E-state index in [-0.39, 0.29) is 0 Å². The van der Waals surface area contributed by atoms with Gasteiger partial charge in [0, 0.05) is 13.1 Å². The first kappa shape index (κ1) is 12.5. The van der Waals surface area contributed by atoms with Crippen LogP contribution in [0, 0.1) is 0 Å². The van der Waals surface area contributed by atoms with Crippen molar-refractivity contribution in [3.05, 3.63) is 49.3 Å². The highest BCUT2D eigenvalue weighted by Crippen LogP contribution is 2.16. The molecule has 0 fully saturated rings. The largest absolute Gasteiger partial charge is 0.387 e. The maximum atomic E-state index is 9.35. The van der Waals surface area contributed by atoms with Crippen LogP contribution in [0.1, 0.15) is 18.7 Å². The minimum atomic E-state index is -0.527. The molecule has 0 saturated heterocycles. The fourth-order valence-electron chi connectivity index (χ4n) is 1.43. The van der Waals surface area contributed by atoms with Crippen LogP contribution in [-0.2, 0) is 0 Å². The zero-order valence-corrected chi connectivity index (χ0v) is 9.63. The summed E-state index contributed by atoms with van der Waals surface area (Å²) in [5.74, 6) is 0. The van der Waals surface area contributed by atoms with Crippen LogP contribution in [0.4, 0.5) is 5.69 Å². The zero-order chi connectivity index (χ0) is 12.0. The lowest BCUT2D eigenvalue weighted by Gasteiger charge is -2.21. The third kappa shape index (κ3) is 3.21. The van der Waals surface area contributed by atoms with Gasteiger partial charge in [-0.25, -0.2) is 0 Å². The maximum Gasteiger partial charge on any atom is 0.0931 e. The number of pyridine rings is 1. The molecule has 1 aromatic heterocycles. The average Bonchev–Trinajstić information content (AvgIpc) is 2.29. The zero-order valence-electron chi connectivity index (χ0n) is 9.63. The molecule has 1 heterocycles. The second-order valence-corrected chi connectivity index (χ2v) is 3.60. The van der Waals surface area contributed by atoms with Gasteiger partial charge in [0.1, 0.15) is 0 Å². The van der Waals surface area contributed by atoms with Gasteiger partial charge in [-0.05, 0) is 19.1 Å². The van der Waals surface area contributed by atoms with Gasteiger partial charge in [0.15, 0.2) is 0 Å². The summed E-state index contributed by atoms with van der Waals surface area (Å²) >= 11 is 0. The summed E-state index contributed by atoms with van der Waals surface area (Å²) in [5, 5.41) is 9.35. The summed E-state index contributed by atoms with van der Waals surface area (Å²) in [6.07, 6.45) is 4.91. The third-order valence-corrected chi connectivity index (χ3v) is 2.26. The van der Waals surface area contributed by atoms with Crippen molar-refractivity contribution < 1.29 is 5.11 Å². The summed E-state index contributed by atoms with van der Waals surface area (Å²) in [6.45, 7) is 10.6. The van der Waals surface area contributed by atoms with Crippen molar-refractivity contribution in [1.29, 1.82) is 0 Å². The van der Waals surface area contributed by atoms with Crippen molar-refractivity contribution >= 4 is 5.69 Å². The molecule has 0 unspecified atom stereocenters. The van der Waals surface area contributed by atoms with Gasteiger partial charge in [-0.3, -0.25) is 4.98 Å². The van der Waals surface area contributed by atoms with Crippen LogP contribution in [-0.4, -0.2) is 23.2 Å². The topological polar surface area (TPSA) is 36.4 Å². The Morgan fingerprint density at radius 2 is 2.00 bits per heavy atom. The van der Waals surface area contributed by atoms with Crippen LogP contribution in [0.25, 0.3) is 0 Å². The Kier molecular flexibility index (Phi) is 4.73. The number of aromatic nitrogens is 1. The minimum absolute atomic E-state index is 0.527. The molecule has 1 aromatic rings. The van der Waals surface area contributed by atoms with Crippen molar-refractivity contribution in [2.45, 2.75) is 13.0 Å². The van der Waals surface area contributed by atoms with Gasteiger partial charge in [0.2, 0.25) is 0 Å². The minimum Gasteiger partial charge on any atom is -0.387 e. The fourth-order valence-corrected chi connectivity index (χ4v) is 1.43. The lowest BCUT2D eigenvalue weighted by Crippen LogP contribution is -2.23.